The molecule has 1 aromatic rings. The van der Waals surface area contributed by atoms with Gasteiger partial charge in [0.25, 0.3) is 5.91 Å². The third kappa shape index (κ3) is 6.51. The Morgan fingerprint density at radius 2 is 2.11 bits per heavy atom. The third-order valence-electron chi connectivity index (χ3n) is 4.52. The van der Waals surface area contributed by atoms with E-state index in [0.717, 1.165) is 25.0 Å². The molecule has 0 unspecified atom stereocenters. The molecule has 1 aromatic heterocycles. The van der Waals surface area contributed by atoms with Crippen molar-refractivity contribution in [2.24, 2.45) is 7.05 Å². The van der Waals surface area contributed by atoms with Crippen molar-refractivity contribution in [2.45, 2.75) is 58.5 Å². The summed E-state index contributed by atoms with van der Waals surface area (Å²) < 4.78 is 12.5. The Balaban J connectivity index is 2.02. The second kappa shape index (κ2) is 9.91. The number of carbonyl (C=O) groups excluding carboxylic acids is 2. The minimum atomic E-state index is -0.526. The van der Waals surface area contributed by atoms with Crippen molar-refractivity contribution in [2.75, 3.05) is 32.8 Å². The summed E-state index contributed by atoms with van der Waals surface area (Å²) in [6.45, 7) is 10.6. The predicted molar refractivity (Wildman–Crippen MR) is 106 cm³/mol. The fraction of sp³-hybridized carbons (Fsp3) is 0.750. The van der Waals surface area contributed by atoms with Crippen LogP contribution in [0.4, 0.5) is 4.79 Å². The predicted octanol–water partition coefficient (Wildman–Crippen LogP) is 2.69. The molecule has 0 spiro atoms. The van der Waals surface area contributed by atoms with E-state index in [1.807, 2.05) is 34.7 Å². The Morgan fingerprint density at radius 3 is 2.79 bits per heavy atom. The maximum atomic E-state index is 12.6. The van der Waals surface area contributed by atoms with Gasteiger partial charge in [-0.2, -0.15) is 5.10 Å². The number of amides is 2. The fourth-order valence-electron chi connectivity index (χ4n) is 3.29. The van der Waals surface area contributed by atoms with Crippen LogP contribution in [0, 0.1) is 0 Å². The highest BCUT2D eigenvalue weighted by Gasteiger charge is 2.31. The molecule has 0 aromatic carbocycles. The molecule has 1 aliphatic rings. The molecule has 1 aliphatic heterocycles. The second-order valence-electron chi connectivity index (χ2n) is 8.17. The van der Waals surface area contributed by atoms with Crippen LogP contribution in [0.1, 0.15) is 68.9 Å². The monoisotopic (exact) mass is 394 g/mol. The number of ether oxygens (including phenoxy) is 2. The largest absolute Gasteiger partial charge is 0.444 e. The molecule has 2 amide bonds. The van der Waals surface area contributed by atoms with Crippen LogP contribution in [-0.2, 0) is 16.5 Å². The van der Waals surface area contributed by atoms with Gasteiger partial charge < -0.3 is 19.7 Å². The fourth-order valence-corrected chi connectivity index (χ4v) is 3.29. The topological polar surface area (TPSA) is 85.7 Å². The van der Waals surface area contributed by atoms with E-state index in [-0.39, 0.29) is 17.9 Å². The lowest BCUT2D eigenvalue weighted by Crippen LogP contribution is -2.42. The average Bonchev–Trinajstić information content (AvgIpc) is 3.02. The van der Waals surface area contributed by atoms with Crippen molar-refractivity contribution in [3.63, 3.8) is 0 Å². The Labute approximate surface area is 167 Å². The van der Waals surface area contributed by atoms with E-state index < -0.39 is 5.60 Å². The number of nitrogens with one attached hydrogen (secondary N) is 1. The molecule has 1 N–H and O–H groups in total. The van der Waals surface area contributed by atoms with Gasteiger partial charge in [-0.25, -0.2) is 4.79 Å². The first-order chi connectivity index (χ1) is 13.2. The Kier molecular flexibility index (Phi) is 7.86. The number of rotatable bonds is 7. The SMILES string of the molecule is CCOCCCNC(=O)c1cn(C)nc1[C@@H]1CCCN(C(=O)OC(C)(C)C)C1. The van der Waals surface area contributed by atoms with Gasteiger partial charge in [0, 0.05) is 52.0 Å². The minimum absolute atomic E-state index is 0.0200. The second-order valence-corrected chi connectivity index (χ2v) is 8.17. The molecule has 0 aliphatic carbocycles. The van der Waals surface area contributed by atoms with E-state index in [4.69, 9.17) is 9.47 Å². The van der Waals surface area contributed by atoms with Gasteiger partial charge in [-0.1, -0.05) is 0 Å². The summed E-state index contributed by atoms with van der Waals surface area (Å²) in [5.74, 6) is -0.111. The number of hydrogen-bond donors (Lipinski definition) is 1. The molecule has 1 saturated heterocycles. The van der Waals surface area contributed by atoms with Gasteiger partial charge in [0.05, 0.1) is 11.3 Å². The number of aryl methyl sites for hydroxylation is 1. The van der Waals surface area contributed by atoms with Gasteiger partial charge in [-0.05, 0) is 47.0 Å². The van der Waals surface area contributed by atoms with Crippen LogP contribution in [0.3, 0.4) is 0 Å². The number of hydrogen-bond acceptors (Lipinski definition) is 5. The highest BCUT2D eigenvalue weighted by molar-refractivity contribution is 5.95. The van der Waals surface area contributed by atoms with Crippen molar-refractivity contribution in [3.8, 4) is 0 Å². The van der Waals surface area contributed by atoms with Crippen LogP contribution in [0.15, 0.2) is 6.20 Å². The molecule has 28 heavy (non-hydrogen) atoms. The zero-order valence-electron chi connectivity index (χ0n) is 17.8. The zero-order valence-corrected chi connectivity index (χ0v) is 17.8. The molecular formula is C20H34N4O4. The number of likely N-dealkylation sites (tertiary alicyclic amines) is 1. The van der Waals surface area contributed by atoms with Gasteiger partial charge in [-0.15, -0.1) is 0 Å². The van der Waals surface area contributed by atoms with E-state index in [1.54, 1.807) is 15.8 Å². The number of carbonyl (C=O) groups is 2. The third-order valence-corrected chi connectivity index (χ3v) is 4.52. The number of piperidine rings is 1. The summed E-state index contributed by atoms with van der Waals surface area (Å²) in [6, 6.07) is 0. The molecule has 1 fully saturated rings. The van der Waals surface area contributed by atoms with Gasteiger partial charge in [0.15, 0.2) is 0 Å². The average molecular weight is 395 g/mol. The molecule has 0 bridgehead atoms. The maximum Gasteiger partial charge on any atom is 0.410 e. The van der Waals surface area contributed by atoms with Crippen molar-refractivity contribution in [3.05, 3.63) is 17.5 Å². The zero-order chi connectivity index (χ0) is 20.7. The number of aromatic nitrogens is 2. The molecule has 8 nitrogen and oxygen atoms in total. The first-order valence-corrected chi connectivity index (χ1v) is 10.1. The van der Waals surface area contributed by atoms with Crippen LogP contribution in [0.5, 0.6) is 0 Å². The highest BCUT2D eigenvalue weighted by atomic mass is 16.6. The van der Waals surface area contributed by atoms with Crippen LogP contribution in [0.25, 0.3) is 0 Å². The van der Waals surface area contributed by atoms with E-state index in [0.29, 0.717) is 38.4 Å². The van der Waals surface area contributed by atoms with Crippen molar-refractivity contribution >= 4 is 12.0 Å². The first-order valence-electron chi connectivity index (χ1n) is 10.1. The van der Waals surface area contributed by atoms with E-state index >= 15 is 0 Å². The molecular weight excluding hydrogens is 360 g/mol. The lowest BCUT2D eigenvalue weighted by molar-refractivity contribution is 0.0197. The molecule has 1 atom stereocenters. The maximum absolute atomic E-state index is 12.6. The normalized spacial score (nSPS) is 17.5. The Hall–Kier alpha value is -2.09. The first kappa shape index (κ1) is 22.2. The molecule has 158 valence electrons. The standard InChI is InChI=1S/C20H34N4O4/c1-6-27-12-8-10-21-18(25)16-14-23(5)22-17(16)15-9-7-11-24(13-15)19(26)28-20(2,3)4/h14-15H,6-13H2,1-5H3,(H,21,25)/t15-/m1/s1. The summed E-state index contributed by atoms with van der Waals surface area (Å²) in [7, 11) is 1.81. The highest BCUT2D eigenvalue weighted by Crippen LogP contribution is 2.29. The summed E-state index contributed by atoms with van der Waals surface area (Å²) in [4.78, 5) is 26.8. The van der Waals surface area contributed by atoms with E-state index in [1.165, 1.54) is 0 Å². The molecule has 2 rings (SSSR count). The van der Waals surface area contributed by atoms with Crippen LogP contribution in [-0.4, -0.2) is 65.1 Å². The van der Waals surface area contributed by atoms with Gasteiger partial charge in [0.1, 0.15) is 5.60 Å². The van der Waals surface area contributed by atoms with Crippen LogP contribution < -0.4 is 5.32 Å². The summed E-state index contributed by atoms with van der Waals surface area (Å²) in [5.41, 5.74) is 0.801. The van der Waals surface area contributed by atoms with E-state index in [2.05, 4.69) is 10.4 Å². The van der Waals surface area contributed by atoms with Crippen molar-refractivity contribution < 1.29 is 19.1 Å². The molecule has 2 heterocycles. The van der Waals surface area contributed by atoms with Crippen LogP contribution >= 0.6 is 0 Å². The van der Waals surface area contributed by atoms with Gasteiger partial charge in [-0.3, -0.25) is 9.48 Å². The molecule has 0 radical (unpaired) electrons. The summed E-state index contributed by atoms with van der Waals surface area (Å²) >= 11 is 0. The van der Waals surface area contributed by atoms with Gasteiger partial charge >= 0.3 is 6.09 Å². The minimum Gasteiger partial charge on any atom is -0.444 e. The molecule has 8 heteroatoms. The Bertz CT molecular complexity index is 666. The van der Waals surface area contributed by atoms with Crippen LogP contribution in [0.2, 0.25) is 0 Å². The smallest absolute Gasteiger partial charge is 0.410 e. The quantitative estimate of drug-likeness (QED) is 0.719. The van der Waals surface area contributed by atoms with Crippen molar-refractivity contribution in [1.82, 2.24) is 20.0 Å². The molecule has 0 saturated carbocycles. The lowest BCUT2D eigenvalue weighted by Gasteiger charge is -2.33. The summed E-state index contributed by atoms with van der Waals surface area (Å²) in [6.07, 6.45) is 3.96. The lowest BCUT2D eigenvalue weighted by atomic mass is 9.92. The van der Waals surface area contributed by atoms with Gasteiger partial charge in [0.2, 0.25) is 0 Å². The number of nitrogens with zero attached hydrogens (tertiary/aromatic N) is 3. The van der Waals surface area contributed by atoms with E-state index in [9.17, 15) is 9.59 Å². The van der Waals surface area contributed by atoms with Crippen molar-refractivity contribution in [1.29, 1.82) is 0 Å². The Morgan fingerprint density at radius 1 is 1.36 bits per heavy atom. The summed E-state index contributed by atoms with van der Waals surface area (Å²) in [5, 5.41) is 7.47.